The number of rotatable bonds is 15. The molecule has 0 aliphatic rings. The van der Waals surface area contributed by atoms with Crippen molar-refractivity contribution in [3.05, 3.63) is 130 Å². The van der Waals surface area contributed by atoms with Crippen LogP contribution < -0.4 is 14.4 Å². The maximum atomic E-state index is 15.1. The molecule has 0 saturated carbocycles. The monoisotopic (exact) mass is 690 g/mol. The summed E-state index contributed by atoms with van der Waals surface area (Å²) in [6.07, 6.45) is 0.0599. The zero-order valence-electron chi connectivity index (χ0n) is 27.7. The number of nitro benzene ring substituents is 1. The zero-order valence-corrected chi connectivity index (χ0v) is 28.5. The van der Waals surface area contributed by atoms with E-state index in [9.17, 15) is 28.1 Å². The number of ether oxygens (including phenoxy) is 1. The fourth-order valence-electron chi connectivity index (χ4n) is 5.14. The third-order valence-electron chi connectivity index (χ3n) is 7.86. The number of benzene rings is 4. The van der Waals surface area contributed by atoms with Gasteiger partial charge in [-0.25, -0.2) is 12.8 Å². The van der Waals surface area contributed by atoms with Crippen molar-refractivity contribution >= 4 is 33.2 Å². The van der Waals surface area contributed by atoms with Crippen LogP contribution in [0.4, 0.5) is 15.8 Å². The molecular formula is C36H39FN4O7S. The Morgan fingerprint density at radius 2 is 1.61 bits per heavy atom. The smallest absolute Gasteiger partial charge is 0.273 e. The van der Waals surface area contributed by atoms with Crippen LogP contribution in [0.5, 0.6) is 5.75 Å². The molecule has 0 heterocycles. The summed E-state index contributed by atoms with van der Waals surface area (Å²) in [6, 6.07) is 23.0. The van der Waals surface area contributed by atoms with Gasteiger partial charge in [0.1, 0.15) is 24.2 Å². The Labute approximate surface area is 285 Å². The second-order valence-electron chi connectivity index (χ2n) is 11.9. The van der Waals surface area contributed by atoms with Gasteiger partial charge in [0, 0.05) is 36.7 Å². The number of carbonyl (C=O) groups is 2. The number of halogens is 1. The largest absolute Gasteiger partial charge is 0.497 e. The van der Waals surface area contributed by atoms with Gasteiger partial charge in [-0.05, 0) is 54.8 Å². The third kappa shape index (κ3) is 9.20. The van der Waals surface area contributed by atoms with E-state index in [1.165, 1.54) is 73.5 Å². The molecule has 0 bridgehead atoms. The number of hydrogen-bond acceptors (Lipinski definition) is 7. The van der Waals surface area contributed by atoms with Gasteiger partial charge >= 0.3 is 0 Å². The molecule has 4 rings (SSSR count). The van der Waals surface area contributed by atoms with E-state index in [1.54, 1.807) is 30.3 Å². The lowest BCUT2D eigenvalue weighted by molar-refractivity contribution is -0.385. The predicted octanol–water partition coefficient (Wildman–Crippen LogP) is 5.66. The molecule has 13 heteroatoms. The fourth-order valence-corrected chi connectivity index (χ4v) is 6.57. The lowest BCUT2D eigenvalue weighted by Gasteiger charge is -2.34. The van der Waals surface area contributed by atoms with Gasteiger partial charge in [-0.2, -0.15) is 0 Å². The summed E-state index contributed by atoms with van der Waals surface area (Å²) in [7, 11) is -3.18. The van der Waals surface area contributed by atoms with Gasteiger partial charge in [0.05, 0.1) is 22.6 Å². The number of anilines is 1. The zero-order chi connectivity index (χ0) is 35.7. The molecule has 0 aliphatic carbocycles. The number of nitrogens with one attached hydrogen (secondary N) is 1. The van der Waals surface area contributed by atoms with Crippen molar-refractivity contribution in [2.45, 2.75) is 44.7 Å². The molecule has 1 atom stereocenters. The Bertz CT molecular complexity index is 1890. The van der Waals surface area contributed by atoms with E-state index in [0.717, 1.165) is 15.9 Å². The van der Waals surface area contributed by atoms with Crippen molar-refractivity contribution < 1.29 is 32.1 Å². The third-order valence-corrected chi connectivity index (χ3v) is 9.63. The van der Waals surface area contributed by atoms with Crippen LogP contribution in [-0.4, -0.2) is 56.3 Å². The van der Waals surface area contributed by atoms with Crippen molar-refractivity contribution in [3.8, 4) is 5.75 Å². The number of amides is 2. The van der Waals surface area contributed by atoms with Crippen molar-refractivity contribution in [2.24, 2.45) is 5.92 Å². The summed E-state index contributed by atoms with van der Waals surface area (Å²) in [5.74, 6) is -1.39. The normalized spacial score (nSPS) is 11.9. The van der Waals surface area contributed by atoms with Crippen molar-refractivity contribution in [1.29, 1.82) is 0 Å². The van der Waals surface area contributed by atoms with Gasteiger partial charge < -0.3 is 15.0 Å². The van der Waals surface area contributed by atoms with Crippen LogP contribution in [0.2, 0.25) is 0 Å². The number of nitro groups is 1. The molecule has 0 aliphatic heterocycles. The van der Waals surface area contributed by atoms with E-state index in [0.29, 0.717) is 12.3 Å². The molecule has 0 aromatic heterocycles. The average Bonchev–Trinajstić information content (AvgIpc) is 3.08. The number of sulfonamides is 1. The summed E-state index contributed by atoms with van der Waals surface area (Å²) in [6.45, 7) is 4.48. The number of nitrogens with zero attached hydrogens (tertiary/aromatic N) is 3. The van der Waals surface area contributed by atoms with Crippen molar-refractivity contribution in [2.75, 3.05) is 24.5 Å². The minimum Gasteiger partial charge on any atom is -0.497 e. The van der Waals surface area contributed by atoms with Gasteiger partial charge in [0.15, 0.2) is 0 Å². The second-order valence-corrected chi connectivity index (χ2v) is 13.7. The maximum absolute atomic E-state index is 15.1. The molecule has 4 aromatic rings. The molecule has 258 valence electrons. The average molecular weight is 691 g/mol. The minimum atomic E-state index is -4.62. The summed E-state index contributed by atoms with van der Waals surface area (Å²) in [5, 5.41) is 14.6. The Hall–Kier alpha value is -5.30. The molecule has 0 fully saturated rings. The highest BCUT2D eigenvalue weighted by Gasteiger charge is 2.35. The van der Waals surface area contributed by atoms with Gasteiger partial charge in [-0.3, -0.25) is 24.0 Å². The number of aryl methyl sites for hydroxylation is 1. The first-order valence-corrected chi connectivity index (χ1v) is 17.0. The molecule has 0 radical (unpaired) electrons. The van der Waals surface area contributed by atoms with E-state index >= 15 is 4.39 Å². The van der Waals surface area contributed by atoms with Crippen LogP contribution in [-0.2, 0) is 32.6 Å². The Balaban J connectivity index is 1.85. The molecule has 1 N–H and O–H groups in total. The summed E-state index contributed by atoms with van der Waals surface area (Å²) < 4.78 is 49.7. The van der Waals surface area contributed by atoms with Gasteiger partial charge in [0.25, 0.3) is 15.7 Å². The highest BCUT2D eigenvalue weighted by molar-refractivity contribution is 7.92. The topological polar surface area (TPSA) is 139 Å². The summed E-state index contributed by atoms with van der Waals surface area (Å²) >= 11 is 0. The highest BCUT2D eigenvalue weighted by Crippen LogP contribution is 2.30. The number of methoxy groups -OCH3 is 1. The second kappa shape index (κ2) is 16.2. The molecule has 11 nitrogen and oxygen atoms in total. The van der Waals surface area contributed by atoms with Crippen LogP contribution in [0.15, 0.2) is 102 Å². The molecule has 0 unspecified atom stereocenters. The first-order chi connectivity index (χ1) is 23.3. The van der Waals surface area contributed by atoms with Crippen LogP contribution in [0.25, 0.3) is 0 Å². The van der Waals surface area contributed by atoms with Gasteiger partial charge in [0.2, 0.25) is 11.8 Å². The highest BCUT2D eigenvalue weighted by atomic mass is 32.2. The van der Waals surface area contributed by atoms with E-state index < -0.39 is 55.7 Å². The molecule has 49 heavy (non-hydrogen) atoms. The molecule has 2 amide bonds. The summed E-state index contributed by atoms with van der Waals surface area (Å²) in [4.78, 5) is 40.2. The molecular weight excluding hydrogens is 651 g/mol. The van der Waals surface area contributed by atoms with Crippen LogP contribution in [0.3, 0.4) is 0 Å². The van der Waals surface area contributed by atoms with E-state index in [4.69, 9.17) is 4.74 Å². The van der Waals surface area contributed by atoms with E-state index in [2.05, 4.69) is 5.32 Å². The van der Waals surface area contributed by atoms with Crippen LogP contribution >= 0.6 is 0 Å². The Morgan fingerprint density at radius 1 is 0.959 bits per heavy atom. The Morgan fingerprint density at radius 3 is 2.22 bits per heavy atom. The summed E-state index contributed by atoms with van der Waals surface area (Å²) in [5.41, 5.74) is 0.757. The van der Waals surface area contributed by atoms with Crippen LogP contribution in [0, 0.1) is 28.8 Å². The van der Waals surface area contributed by atoms with E-state index in [1.807, 2.05) is 19.9 Å². The quantitative estimate of drug-likeness (QED) is 0.126. The Kier molecular flexibility index (Phi) is 12.1. The first kappa shape index (κ1) is 36.5. The molecule has 4 aromatic carbocycles. The first-order valence-electron chi connectivity index (χ1n) is 15.6. The minimum absolute atomic E-state index is 0.0599. The predicted molar refractivity (Wildman–Crippen MR) is 184 cm³/mol. The fraction of sp³-hybridized carbons (Fsp3) is 0.278. The number of hydrogen-bond donors (Lipinski definition) is 1. The van der Waals surface area contributed by atoms with Crippen molar-refractivity contribution in [1.82, 2.24) is 10.2 Å². The molecule has 0 saturated heterocycles. The van der Waals surface area contributed by atoms with E-state index in [-0.39, 0.29) is 35.7 Å². The van der Waals surface area contributed by atoms with Gasteiger partial charge in [-0.15, -0.1) is 0 Å². The van der Waals surface area contributed by atoms with Crippen LogP contribution in [0.1, 0.15) is 30.5 Å². The van der Waals surface area contributed by atoms with Crippen molar-refractivity contribution in [3.63, 3.8) is 0 Å². The lowest BCUT2D eigenvalue weighted by atomic mass is 10.0. The standard InChI is InChI=1S/C36H39FN4O7S/c1-25(2)22-38-36(43)34(20-27-10-6-5-7-11-27)39(23-28-12-8-9-13-32(28)37)35(42)24-40(29-15-17-30(48-4)18-16-29)49(46,47)31-19-14-26(3)33(21-31)41(44)45/h5-19,21,25,34H,20,22-24H2,1-4H3,(H,38,43)/t34-/m0/s1. The number of carbonyl (C=O) groups excluding carboxylic acids is 2. The molecule has 0 spiro atoms. The van der Waals surface area contributed by atoms with Gasteiger partial charge in [-0.1, -0.05) is 68.4 Å². The lowest BCUT2D eigenvalue weighted by Crippen LogP contribution is -2.53. The SMILES string of the molecule is COc1ccc(N(CC(=O)N(Cc2ccccc2F)[C@@H](Cc2ccccc2)C(=O)NCC(C)C)S(=O)(=O)c2ccc(C)c([N+](=O)[O-])c2)cc1. The maximum Gasteiger partial charge on any atom is 0.273 e.